The van der Waals surface area contributed by atoms with Gasteiger partial charge < -0.3 is 4.42 Å². The van der Waals surface area contributed by atoms with Gasteiger partial charge in [0.1, 0.15) is 16.7 Å². The maximum absolute atomic E-state index is 7.52. The van der Waals surface area contributed by atoms with Crippen LogP contribution in [0.15, 0.2) is 178 Å². The fourth-order valence-corrected chi connectivity index (χ4v) is 10.2. The molecule has 0 saturated heterocycles. The molecule has 0 radical (unpaired) electrons. The third-order valence-corrected chi connectivity index (χ3v) is 12.2. The van der Waals surface area contributed by atoms with Crippen molar-refractivity contribution in [3.05, 3.63) is 186 Å². The number of fused-ring (bicyclic) bond motifs is 16. The quantitative estimate of drug-likeness (QED) is 0.182. The summed E-state index contributed by atoms with van der Waals surface area (Å²) in [5.74, 6) is 1.59. The van der Waals surface area contributed by atoms with Crippen LogP contribution in [0.4, 0.5) is 0 Å². The van der Waals surface area contributed by atoms with Gasteiger partial charge in [-0.05, 0) is 52.6 Å². The molecular weight excluding hydrogens is 655 g/mol. The molecule has 1 aliphatic heterocycles. The first-order valence-electron chi connectivity index (χ1n) is 17.6. The third kappa shape index (κ3) is 3.53. The number of furan rings is 1. The minimum Gasteiger partial charge on any atom is -0.456 e. The van der Waals surface area contributed by atoms with Crippen LogP contribution >= 0.6 is 11.8 Å². The van der Waals surface area contributed by atoms with Crippen LogP contribution in [0, 0.1) is 0 Å². The molecule has 0 unspecified atom stereocenters. The lowest BCUT2D eigenvalue weighted by atomic mass is 9.69. The molecule has 242 valence electrons. The van der Waals surface area contributed by atoms with E-state index in [1.807, 2.05) is 23.9 Å². The number of benzene rings is 7. The molecule has 3 aromatic heterocycles. The smallest absolute Gasteiger partial charge is 0.235 e. The summed E-state index contributed by atoms with van der Waals surface area (Å²) in [5.41, 5.74) is 11.2. The number of rotatable bonds is 2. The number of hydrogen-bond donors (Lipinski definition) is 0. The van der Waals surface area contributed by atoms with Crippen LogP contribution in [0.2, 0.25) is 0 Å². The predicted molar refractivity (Wildman–Crippen MR) is 211 cm³/mol. The first kappa shape index (κ1) is 28.3. The minimum absolute atomic E-state index is 0.605. The van der Waals surface area contributed by atoms with Crippen molar-refractivity contribution in [1.29, 1.82) is 0 Å². The highest BCUT2D eigenvalue weighted by Crippen LogP contribution is 2.64. The number of hydrogen-bond acceptors (Lipinski definition) is 4. The van der Waals surface area contributed by atoms with E-state index in [9.17, 15) is 0 Å². The second-order valence-electron chi connectivity index (χ2n) is 13.6. The number of nitrogens with zero attached hydrogens (tertiary/aromatic N) is 3. The summed E-state index contributed by atoms with van der Waals surface area (Å²) in [6.45, 7) is 0. The molecule has 1 spiro atoms. The van der Waals surface area contributed by atoms with E-state index >= 15 is 0 Å². The van der Waals surface area contributed by atoms with Gasteiger partial charge in [0.25, 0.3) is 0 Å². The van der Waals surface area contributed by atoms with Crippen molar-refractivity contribution < 1.29 is 4.42 Å². The zero-order valence-electron chi connectivity index (χ0n) is 27.7. The first-order valence-corrected chi connectivity index (χ1v) is 18.4. The van der Waals surface area contributed by atoms with Gasteiger partial charge in [0, 0.05) is 42.5 Å². The molecule has 2 aliphatic rings. The zero-order valence-corrected chi connectivity index (χ0v) is 28.6. The van der Waals surface area contributed by atoms with Crippen LogP contribution in [0.25, 0.3) is 72.0 Å². The van der Waals surface area contributed by atoms with E-state index < -0.39 is 5.41 Å². The summed E-state index contributed by atoms with van der Waals surface area (Å²) in [7, 11) is 0. The Bertz CT molecular complexity index is 3070. The third-order valence-electron chi connectivity index (χ3n) is 11.1. The summed E-state index contributed by atoms with van der Waals surface area (Å²) >= 11 is 1.84. The molecule has 52 heavy (non-hydrogen) atoms. The molecule has 0 fully saturated rings. The van der Waals surface area contributed by atoms with Gasteiger partial charge in [0.05, 0.1) is 16.7 Å². The van der Waals surface area contributed by atoms with Crippen LogP contribution in [-0.2, 0) is 5.41 Å². The van der Waals surface area contributed by atoms with Gasteiger partial charge in [0.2, 0.25) is 5.95 Å². The largest absolute Gasteiger partial charge is 0.456 e. The second kappa shape index (κ2) is 10.3. The molecule has 0 amide bonds. The highest BCUT2D eigenvalue weighted by atomic mass is 32.2. The maximum Gasteiger partial charge on any atom is 0.235 e. The van der Waals surface area contributed by atoms with Crippen molar-refractivity contribution in [1.82, 2.24) is 14.5 Å². The Labute approximate surface area is 303 Å². The van der Waals surface area contributed by atoms with E-state index in [-0.39, 0.29) is 0 Å². The Morgan fingerprint density at radius 3 is 1.96 bits per heavy atom. The average Bonchev–Trinajstić information content (AvgIpc) is 3.85. The molecule has 0 saturated carbocycles. The fourth-order valence-electron chi connectivity index (χ4n) is 9.00. The van der Waals surface area contributed by atoms with Gasteiger partial charge in [-0.25, -0.2) is 9.97 Å². The monoisotopic (exact) mass is 681 g/mol. The summed E-state index contributed by atoms with van der Waals surface area (Å²) in [4.78, 5) is 13.1. The Kier molecular flexibility index (Phi) is 5.61. The Morgan fingerprint density at radius 1 is 0.519 bits per heavy atom. The summed E-state index contributed by atoms with van der Waals surface area (Å²) in [6.07, 6.45) is 0. The van der Waals surface area contributed by atoms with E-state index in [1.54, 1.807) is 0 Å². The highest BCUT2D eigenvalue weighted by Gasteiger charge is 2.53. The predicted octanol–water partition coefficient (Wildman–Crippen LogP) is 12.0. The summed E-state index contributed by atoms with van der Waals surface area (Å²) in [6, 6.07) is 58.3. The van der Waals surface area contributed by atoms with Crippen molar-refractivity contribution >= 4 is 55.4 Å². The maximum atomic E-state index is 7.52. The molecule has 5 heteroatoms. The van der Waals surface area contributed by atoms with E-state index in [0.717, 1.165) is 66.3 Å². The van der Waals surface area contributed by atoms with Crippen molar-refractivity contribution in [2.45, 2.75) is 15.2 Å². The van der Waals surface area contributed by atoms with E-state index in [1.165, 1.54) is 32.0 Å². The Balaban J connectivity index is 1.24. The molecule has 12 rings (SSSR count). The van der Waals surface area contributed by atoms with E-state index in [2.05, 4.69) is 156 Å². The van der Waals surface area contributed by atoms with Crippen LogP contribution in [-0.4, -0.2) is 14.5 Å². The molecule has 0 atom stereocenters. The van der Waals surface area contributed by atoms with E-state index in [4.69, 9.17) is 14.4 Å². The lowest BCUT2D eigenvalue weighted by molar-refractivity contribution is 0.494. The van der Waals surface area contributed by atoms with Gasteiger partial charge in [-0.1, -0.05) is 145 Å². The highest BCUT2D eigenvalue weighted by molar-refractivity contribution is 7.99. The molecular formula is C47H27N3OS. The molecule has 7 aromatic carbocycles. The van der Waals surface area contributed by atoms with Gasteiger partial charge in [0.15, 0.2) is 5.58 Å². The van der Waals surface area contributed by atoms with Crippen LogP contribution in [0.1, 0.15) is 22.5 Å². The van der Waals surface area contributed by atoms with Crippen molar-refractivity contribution in [2.75, 3.05) is 0 Å². The van der Waals surface area contributed by atoms with Gasteiger partial charge in [-0.3, -0.25) is 4.57 Å². The van der Waals surface area contributed by atoms with Crippen molar-refractivity contribution in [3.8, 4) is 28.3 Å². The van der Waals surface area contributed by atoms with Crippen LogP contribution in [0.3, 0.4) is 0 Å². The molecule has 1 aliphatic carbocycles. The van der Waals surface area contributed by atoms with Crippen LogP contribution < -0.4 is 0 Å². The standard InChI is InChI=1S/C47H27N3OS/c1-2-14-28(15-3-1)42-32-18-5-10-22-37(32)48-46(49-42)50-38-23-11-6-16-29(38)30-26-27-33-41-31-17-4-7-19-34(31)47(45(41)51-44(33)43(30)50)35-20-8-12-24-39(35)52-40-25-13-9-21-36(40)47/h1-27H. The van der Waals surface area contributed by atoms with Gasteiger partial charge >= 0.3 is 0 Å². The lowest BCUT2D eigenvalue weighted by Crippen LogP contribution is -2.31. The topological polar surface area (TPSA) is 43.9 Å². The first-order chi connectivity index (χ1) is 25.8. The number of aromatic nitrogens is 3. The SMILES string of the molecule is c1ccc(-c2nc(-n3c4ccccc4c4ccc5c6c(oc5c43)C3(c4ccccc4Sc4ccccc43)c3ccccc3-6)nc3ccccc23)cc1. The molecule has 0 N–H and O–H groups in total. The van der Waals surface area contributed by atoms with Crippen molar-refractivity contribution in [3.63, 3.8) is 0 Å². The van der Waals surface area contributed by atoms with E-state index in [0.29, 0.717) is 5.95 Å². The molecule has 0 bridgehead atoms. The summed E-state index contributed by atoms with van der Waals surface area (Å²) < 4.78 is 9.75. The lowest BCUT2D eigenvalue weighted by Gasteiger charge is -2.37. The Morgan fingerprint density at radius 2 is 1.15 bits per heavy atom. The van der Waals surface area contributed by atoms with Gasteiger partial charge in [-0.2, -0.15) is 0 Å². The zero-order chi connectivity index (χ0) is 34.0. The average molecular weight is 682 g/mol. The van der Waals surface area contributed by atoms with Gasteiger partial charge in [-0.15, -0.1) is 0 Å². The Hall–Kier alpha value is -6.43. The van der Waals surface area contributed by atoms with Crippen LogP contribution in [0.5, 0.6) is 0 Å². The fraction of sp³-hybridized carbons (Fsp3) is 0.0213. The summed E-state index contributed by atoms with van der Waals surface area (Å²) in [5, 5.41) is 4.35. The minimum atomic E-state index is -0.605. The molecule has 4 heterocycles. The van der Waals surface area contributed by atoms with Crippen molar-refractivity contribution in [2.24, 2.45) is 0 Å². The normalized spacial score (nSPS) is 13.8. The number of para-hydroxylation sites is 2. The second-order valence-corrected chi connectivity index (χ2v) is 14.7. The molecule has 10 aromatic rings. The molecule has 4 nitrogen and oxygen atoms in total.